The Labute approximate surface area is 119 Å². The third-order valence-corrected chi connectivity index (χ3v) is 3.67. The average Bonchev–Trinajstić information content (AvgIpc) is 2.90. The molecule has 0 N–H and O–H groups in total. The largest absolute Gasteiger partial charge is 0.497 e. The zero-order valence-electron chi connectivity index (χ0n) is 12.2. The number of likely N-dealkylation sites (tertiary alicyclic amines) is 1. The Balaban J connectivity index is 2.12. The molecule has 1 heterocycles. The van der Waals surface area contributed by atoms with Gasteiger partial charge in [-0.15, -0.1) is 0 Å². The Bertz CT molecular complexity index is 446. The van der Waals surface area contributed by atoms with E-state index in [2.05, 4.69) is 0 Å². The zero-order chi connectivity index (χ0) is 14.5. The highest BCUT2D eigenvalue weighted by Gasteiger charge is 2.35. The van der Waals surface area contributed by atoms with E-state index in [4.69, 9.17) is 14.2 Å². The van der Waals surface area contributed by atoms with E-state index in [1.165, 1.54) is 0 Å². The summed E-state index contributed by atoms with van der Waals surface area (Å²) in [4.78, 5) is 14.4. The minimum atomic E-state index is 0.00857. The molecule has 1 aromatic carbocycles. The van der Waals surface area contributed by atoms with Crippen molar-refractivity contribution in [1.82, 2.24) is 4.90 Å². The molecule has 5 nitrogen and oxygen atoms in total. The number of carbonyl (C=O) groups is 1. The van der Waals surface area contributed by atoms with Gasteiger partial charge in [0.05, 0.1) is 25.9 Å². The normalized spacial score (nSPS) is 22.1. The molecular formula is C15H21NO4. The van der Waals surface area contributed by atoms with Crippen LogP contribution in [0.5, 0.6) is 5.75 Å². The summed E-state index contributed by atoms with van der Waals surface area (Å²) in [6.45, 7) is 1.14. The van der Waals surface area contributed by atoms with E-state index in [0.717, 1.165) is 12.2 Å². The maximum absolute atomic E-state index is 12.6. The number of ether oxygens (including phenoxy) is 3. The topological polar surface area (TPSA) is 48.0 Å². The number of methoxy groups -OCH3 is 3. The fourth-order valence-corrected chi connectivity index (χ4v) is 2.54. The summed E-state index contributed by atoms with van der Waals surface area (Å²) in [5.41, 5.74) is 0.656. The molecule has 0 aliphatic carbocycles. The Kier molecular flexibility index (Phi) is 4.98. The van der Waals surface area contributed by atoms with Crippen molar-refractivity contribution in [2.24, 2.45) is 0 Å². The molecule has 20 heavy (non-hydrogen) atoms. The summed E-state index contributed by atoms with van der Waals surface area (Å²) in [6.07, 6.45) is 0.893. The van der Waals surface area contributed by atoms with Gasteiger partial charge in [-0.05, 0) is 30.7 Å². The quantitative estimate of drug-likeness (QED) is 0.821. The third-order valence-electron chi connectivity index (χ3n) is 3.67. The van der Waals surface area contributed by atoms with Crippen LogP contribution in [0.25, 0.3) is 0 Å². The lowest BCUT2D eigenvalue weighted by molar-refractivity contribution is 0.0612. The van der Waals surface area contributed by atoms with Crippen molar-refractivity contribution in [2.75, 3.05) is 34.5 Å². The Morgan fingerprint density at radius 3 is 2.50 bits per heavy atom. The molecule has 1 saturated heterocycles. The van der Waals surface area contributed by atoms with Gasteiger partial charge in [0.25, 0.3) is 5.91 Å². The number of benzene rings is 1. The summed E-state index contributed by atoms with van der Waals surface area (Å²) in [7, 11) is 4.93. The fraction of sp³-hybridized carbons (Fsp3) is 0.533. The smallest absolute Gasteiger partial charge is 0.254 e. The molecule has 1 aliphatic heterocycles. The lowest BCUT2D eigenvalue weighted by Gasteiger charge is -2.23. The van der Waals surface area contributed by atoms with Crippen molar-refractivity contribution in [3.8, 4) is 5.75 Å². The molecule has 110 valence electrons. The van der Waals surface area contributed by atoms with Crippen LogP contribution in [-0.2, 0) is 9.47 Å². The maximum atomic E-state index is 12.6. The van der Waals surface area contributed by atoms with Crippen molar-refractivity contribution >= 4 is 5.91 Å². The van der Waals surface area contributed by atoms with Crippen LogP contribution >= 0.6 is 0 Å². The van der Waals surface area contributed by atoms with E-state index < -0.39 is 0 Å². The summed E-state index contributed by atoms with van der Waals surface area (Å²) in [5, 5.41) is 0. The molecule has 2 rings (SSSR count). The van der Waals surface area contributed by atoms with Crippen molar-refractivity contribution in [1.29, 1.82) is 0 Å². The van der Waals surface area contributed by atoms with Crippen molar-refractivity contribution in [2.45, 2.75) is 18.6 Å². The highest BCUT2D eigenvalue weighted by Crippen LogP contribution is 2.23. The van der Waals surface area contributed by atoms with Gasteiger partial charge in [-0.3, -0.25) is 4.79 Å². The Hall–Kier alpha value is -1.59. The second-order valence-electron chi connectivity index (χ2n) is 4.89. The van der Waals surface area contributed by atoms with Gasteiger partial charge in [-0.25, -0.2) is 0 Å². The van der Waals surface area contributed by atoms with Gasteiger partial charge in [0, 0.05) is 26.3 Å². The van der Waals surface area contributed by atoms with Crippen molar-refractivity contribution in [3.05, 3.63) is 29.8 Å². The first-order valence-corrected chi connectivity index (χ1v) is 6.66. The van der Waals surface area contributed by atoms with E-state index in [9.17, 15) is 4.79 Å². The maximum Gasteiger partial charge on any atom is 0.254 e. The summed E-state index contributed by atoms with van der Waals surface area (Å²) in [6, 6.07) is 7.22. The van der Waals surface area contributed by atoms with Crippen LogP contribution in [0.15, 0.2) is 24.3 Å². The van der Waals surface area contributed by atoms with Gasteiger partial charge in [-0.1, -0.05) is 0 Å². The summed E-state index contributed by atoms with van der Waals surface area (Å²) < 4.78 is 15.7. The molecule has 2 atom stereocenters. The molecule has 0 bridgehead atoms. The number of nitrogens with zero attached hydrogens (tertiary/aromatic N) is 1. The molecular weight excluding hydrogens is 258 g/mol. The second kappa shape index (κ2) is 6.72. The zero-order valence-corrected chi connectivity index (χ0v) is 12.2. The Morgan fingerprint density at radius 2 is 1.95 bits per heavy atom. The highest BCUT2D eigenvalue weighted by atomic mass is 16.5. The predicted octanol–water partition coefficient (Wildman–Crippen LogP) is 1.57. The van der Waals surface area contributed by atoms with Gasteiger partial charge >= 0.3 is 0 Å². The molecule has 0 spiro atoms. The van der Waals surface area contributed by atoms with E-state index in [1.54, 1.807) is 45.6 Å². The van der Waals surface area contributed by atoms with Crippen LogP contribution in [0, 0.1) is 0 Å². The van der Waals surface area contributed by atoms with E-state index in [0.29, 0.717) is 18.7 Å². The first-order chi connectivity index (χ1) is 9.69. The van der Waals surface area contributed by atoms with Crippen LogP contribution in [0.1, 0.15) is 16.8 Å². The third kappa shape index (κ3) is 3.11. The predicted molar refractivity (Wildman–Crippen MR) is 75.1 cm³/mol. The average molecular weight is 279 g/mol. The molecule has 1 fully saturated rings. The Morgan fingerprint density at radius 1 is 1.25 bits per heavy atom. The molecule has 5 heteroatoms. The van der Waals surface area contributed by atoms with Crippen LogP contribution in [0.3, 0.4) is 0 Å². The molecule has 1 aliphatic rings. The number of rotatable bonds is 5. The van der Waals surface area contributed by atoms with Gasteiger partial charge in [-0.2, -0.15) is 0 Å². The monoisotopic (exact) mass is 279 g/mol. The number of carbonyl (C=O) groups excluding carboxylic acids is 1. The molecule has 0 aromatic heterocycles. The minimum Gasteiger partial charge on any atom is -0.497 e. The van der Waals surface area contributed by atoms with E-state index in [-0.39, 0.29) is 18.1 Å². The van der Waals surface area contributed by atoms with E-state index >= 15 is 0 Å². The van der Waals surface area contributed by atoms with Gasteiger partial charge in [0.2, 0.25) is 0 Å². The van der Waals surface area contributed by atoms with Gasteiger partial charge < -0.3 is 19.1 Å². The molecule has 0 saturated carbocycles. The standard InChI is InChI=1S/C15H21NO4/c1-18-10-12-8-14(20-3)9-16(12)15(17)11-4-6-13(19-2)7-5-11/h4-7,12,14H,8-10H2,1-3H3/t12-,14-/m0/s1. The lowest BCUT2D eigenvalue weighted by atomic mass is 10.1. The lowest BCUT2D eigenvalue weighted by Crippen LogP contribution is -2.38. The van der Waals surface area contributed by atoms with Crippen molar-refractivity contribution in [3.63, 3.8) is 0 Å². The van der Waals surface area contributed by atoms with Gasteiger partial charge in [0.1, 0.15) is 5.75 Å². The van der Waals surface area contributed by atoms with Crippen LogP contribution in [-0.4, -0.2) is 57.4 Å². The SMILES string of the molecule is COC[C@@H]1C[C@H](OC)CN1C(=O)c1ccc(OC)cc1. The van der Waals surface area contributed by atoms with Crippen molar-refractivity contribution < 1.29 is 19.0 Å². The van der Waals surface area contributed by atoms with E-state index in [1.807, 2.05) is 4.90 Å². The van der Waals surface area contributed by atoms with Crippen LogP contribution in [0.2, 0.25) is 0 Å². The summed E-state index contributed by atoms with van der Waals surface area (Å²) in [5.74, 6) is 0.750. The number of hydrogen-bond acceptors (Lipinski definition) is 4. The highest BCUT2D eigenvalue weighted by molar-refractivity contribution is 5.94. The fourth-order valence-electron chi connectivity index (χ4n) is 2.54. The second-order valence-corrected chi connectivity index (χ2v) is 4.89. The number of amides is 1. The molecule has 0 radical (unpaired) electrons. The molecule has 1 amide bonds. The molecule has 1 aromatic rings. The summed E-state index contributed by atoms with van der Waals surface area (Å²) >= 11 is 0. The number of hydrogen-bond donors (Lipinski definition) is 0. The first kappa shape index (κ1) is 14.8. The van der Waals surface area contributed by atoms with Crippen LogP contribution < -0.4 is 4.74 Å². The van der Waals surface area contributed by atoms with Crippen LogP contribution in [0.4, 0.5) is 0 Å². The van der Waals surface area contributed by atoms with Gasteiger partial charge in [0.15, 0.2) is 0 Å². The minimum absolute atomic E-state index is 0.00857. The first-order valence-electron chi connectivity index (χ1n) is 6.66. The molecule has 0 unspecified atom stereocenters.